The van der Waals surface area contributed by atoms with Gasteiger partial charge in [0.25, 0.3) is 11.8 Å². The van der Waals surface area contributed by atoms with Crippen LogP contribution in [-0.4, -0.2) is 51.0 Å². The van der Waals surface area contributed by atoms with Crippen LogP contribution in [0.4, 0.5) is 0 Å². The smallest absolute Gasteiger partial charge is 0.326 e. The van der Waals surface area contributed by atoms with Crippen LogP contribution in [0.1, 0.15) is 61.5 Å². The summed E-state index contributed by atoms with van der Waals surface area (Å²) in [6.07, 6.45) is 0.494. The van der Waals surface area contributed by atoms with Crippen molar-refractivity contribution in [2.45, 2.75) is 52.6 Å². The monoisotopic (exact) mass is 393 g/mol. The van der Waals surface area contributed by atoms with Gasteiger partial charge in [-0.3, -0.25) is 9.59 Å². The number of pyridine rings is 1. The molecule has 1 aromatic rings. The molecule has 154 valence electrons. The molecule has 0 aromatic carbocycles. The van der Waals surface area contributed by atoms with Gasteiger partial charge in [0, 0.05) is 0 Å². The van der Waals surface area contributed by atoms with Crippen molar-refractivity contribution in [3.05, 3.63) is 29.6 Å². The Bertz CT molecular complexity index is 675. The third kappa shape index (κ3) is 7.34. The van der Waals surface area contributed by atoms with Gasteiger partial charge in [0.15, 0.2) is 0 Å². The summed E-state index contributed by atoms with van der Waals surface area (Å²) in [4.78, 5) is 51.2. The number of aliphatic carboxylic acids is 2. The van der Waals surface area contributed by atoms with Crippen molar-refractivity contribution in [2.24, 2.45) is 11.8 Å². The van der Waals surface area contributed by atoms with Crippen LogP contribution in [0, 0.1) is 11.8 Å². The van der Waals surface area contributed by atoms with E-state index in [1.807, 2.05) is 27.7 Å². The molecule has 1 aromatic heterocycles. The number of nitrogens with zero attached hydrogens (tertiary/aromatic N) is 1. The van der Waals surface area contributed by atoms with E-state index in [1.165, 1.54) is 18.2 Å². The molecule has 4 N–H and O–H groups in total. The van der Waals surface area contributed by atoms with E-state index in [2.05, 4.69) is 15.6 Å². The minimum Gasteiger partial charge on any atom is -0.480 e. The average molecular weight is 393 g/mol. The quantitative estimate of drug-likeness (QED) is 0.471. The number of amides is 2. The lowest BCUT2D eigenvalue weighted by molar-refractivity contribution is -0.140. The van der Waals surface area contributed by atoms with Crippen molar-refractivity contribution in [2.75, 3.05) is 0 Å². The summed E-state index contributed by atoms with van der Waals surface area (Å²) < 4.78 is 0. The second-order valence-electron chi connectivity index (χ2n) is 7.40. The summed E-state index contributed by atoms with van der Waals surface area (Å²) >= 11 is 0. The van der Waals surface area contributed by atoms with E-state index in [0.717, 1.165) is 0 Å². The number of carboxylic acid groups (broad SMARTS) is 2. The average Bonchev–Trinajstić information content (AvgIpc) is 2.59. The molecule has 0 saturated carbocycles. The lowest BCUT2D eigenvalue weighted by atomic mass is 10.0. The molecule has 0 bridgehead atoms. The molecule has 1 heterocycles. The molecule has 28 heavy (non-hydrogen) atoms. The molecule has 9 heteroatoms. The third-order valence-corrected chi connectivity index (χ3v) is 3.84. The zero-order valence-corrected chi connectivity index (χ0v) is 16.4. The van der Waals surface area contributed by atoms with Gasteiger partial charge in [0.05, 0.1) is 0 Å². The first kappa shape index (κ1) is 23.1. The van der Waals surface area contributed by atoms with Gasteiger partial charge in [-0.05, 0) is 36.8 Å². The van der Waals surface area contributed by atoms with Gasteiger partial charge in [0.1, 0.15) is 23.5 Å². The Morgan fingerprint density at radius 3 is 1.46 bits per heavy atom. The second-order valence-corrected chi connectivity index (χ2v) is 7.40. The SMILES string of the molecule is CC(C)CC(NC(=O)c1cccc(C(=O)NC(CC(C)C)C(=O)O)n1)C(=O)O. The van der Waals surface area contributed by atoms with Crippen molar-refractivity contribution in [1.82, 2.24) is 15.6 Å². The molecule has 1 rings (SSSR count). The lowest BCUT2D eigenvalue weighted by Crippen LogP contribution is -2.43. The van der Waals surface area contributed by atoms with Gasteiger partial charge in [-0.2, -0.15) is 0 Å². The topological polar surface area (TPSA) is 146 Å². The van der Waals surface area contributed by atoms with Gasteiger partial charge in [-0.15, -0.1) is 0 Å². The highest BCUT2D eigenvalue weighted by Gasteiger charge is 2.24. The van der Waals surface area contributed by atoms with Crippen LogP contribution >= 0.6 is 0 Å². The zero-order valence-electron chi connectivity index (χ0n) is 16.4. The van der Waals surface area contributed by atoms with Gasteiger partial charge < -0.3 is 20.8 Å². The highest BCUT2D eigenvalue weighted by atomic mass is 16.4. The molecule has 0 radical (unpaired) electrons. The number of aromatic nitrogens is 1. The molecule has 0 aliphatic carbocycles. The van der Waals surface area contributed by atoms with Crippen LogP contribution in [-0.2, 0) is 9.59 Å². The maximum absolute atomic E-state index is 12.3. The summed E-state index contributed by atoms with van der Waals surface area (Å²) in [6, 6.07) is 1.98. The fraction of sp³-hybridized carbons (Fsp3) is 0.526. The molecule has 9 nitrogen and oxygen atoms in total. The molecule has 0 aliphatic rings. The van der Waals surface area contributed by atoms with Crippen LogP contribution in [0.15, 0.2) is 18.2 Å². The minimum absolute atomic E-state index is 0.0559. The minimum atomic E-state index is -1.16. The van der Waals surface area contributed by atoms with Crippen molar-refractivity contribution in [1.29, 1.82) is 0 Å². The number of carbonyl (C=O) groups excluding carboxylic acids is 2. The Morgan fingerprint density at radius 2 is 1.18 bits per heavy atom. The predicted octanol–water partition coefficient (Wildman–Crippen LogP) is 1.54. The molecule has 0 saturated heterocycles. The van der Waals surface area contributed by atoms with E-state index < -0.39 is 35.8 Å². The van der Waals surface area contributed by atoms with Gasteiger partial charge in [-0.25, -0.2) is 14.6 Å². The summed E-state index contributed by atoms with van der Waals surface area (Å²) in [6.45, 7) is 7.34. The van der Waals surface area contributed by atoms with E-state index >= 15 is 0 Å². The highest BCUT2D eigenvalue weighted by molar-refractivity contribution is 5.98. The van der Waals surface area contributed by atoms with E-state index in [9.17, 15) is 29.4 Å². The second kappa shape index (κ2) is 10.4. The van der Waals surface area contributed by atoms with Gasteiger partial charge in [-0.1, -0.05) is 33.8 Å². The number of hydrogen-bond acceptors (Lipinski definition) is 5. The molecular weight excluding hydrogens is 366 g/mol. The molecule has 0 fully saturated rings. The Labute approximate surface area is 163 Å². The van der Waals surface area contributed by atoms with Crippen molar-refractivity contribution >= 4 is 23.8 Å². The Morgan fingerprint density at radius 1 is 0.821 bits per heavy atom. The molecular formula is C19H27N3O6. The third-order valence-electron chi connectivity index (χ3n) is 3.84. The molecule has 2 atom stereocenters. The fourth-order valence-corrected chi connectivity index (χ4v) is 2.54. The normalized spacial score (nSPS) is 13.1. The maximum Gasteiger partial charge on any atom is 0.326 e. The van der Waals surface area contributed by atoms with Crippen molar-refractivity contribution in [3.8, 4) is 0 Å². The molecule has 2 amide bonds. The summed E-state index contributed by atoms with van der Waals surface area (Å²) in [5.74, 6) is -3.65. The summed E-state index contributed by atoms with van der Waals surface area (Å²) in [5.41, 5.74) is -0.253. The fourth-order valence-electron chi connectivity index (χ4n) is 2.54. The number of hydrogen-bond donors (Lipinski definition) is 4. The Hall–Kier alpha value is -2.97. The lowest BCUT2D eigenvalue weighted by Gasteiger charge is -2.17. The van der Waals surface area contributed by atoms with E-state index in [0.29, 0.717) is 0 Å². The predicted molar refractivity (Wildman–Crippen MR) is 101 cm³/mol. The van der Waals surface area contributed by atoms with Crippen molar-refractivity contribution < 1.29 is 29.4 Å². The largest absolute Gasteiger partial charge is 0.480 e. The van der Waals surface area contributed by atoms with E-state index in [4.69, 9.17) is 0 Å². The van der Waals surface area contributed by atoms with Crippen LogP contribution < -0.4 is 10.6 Å². The summed E-state index contributed by atoms with van der Waals surface area (Å²) in [7, 11) is 0. The number of carbonyl (C=O) groups is 4. The standard InChI is InChI=1S/C19H27N3O6/c1-10(2)8-14(18(25)26)21-16(23)12-6-5-7-13(20-12)17(24)22-15(19(27)28)9-11(3)4/h5-7,10-11,14-15H,8-9H2,1-4H3,(H,21,23)(H,22,24)(H,25,26)(H,27,28). The van der Waals surface area contributed by atoms with Crippen LogP contribution in [0.3, 0.4) is 0 Å². The highest BCUT2D eigenvalue weighted by Crippen LogP contribution is 2.08. The number of carboxylic acids is 2. The number of rotatable bonds is 10. The van der Waals surface area contributed by atoms with Crippen LogP contribution in [0.25, 0.3) is 0 Å². The van der Waals surface area contributed by atoms with Crippen LogP contribution in [0.2, 0.25) is 0 Å². The molecule has 2 unspecified atom stereocenters. The number of nitrogens with one attached hydrogen (secondary N) is 2. The van der Waals surface area contributed by atoms with Crippen molar-refractivity contribution in [3.63, 3.8) is 0 Å². The van der Waals surface area contributed by atoms with Crippen LogP contribution in [0.5, 0.6) is 0 Å². The molecule has 0 spiro atoms. The van der Waals surface area contributed by atoms with Gasteiger partial charge in [0.2, 0.25) is 0 Å². The van der Waals surface area contributed by atoms with E-state index in [1.54, 1.807) is 0 Å². The van der Waals surface area contributed by atoms with E-state index in [-0.39, 0.29) is 36.1 Å². The van der Waals surface area contributed by atoms with Gasteiger partial charge >= 0.3 is 11.9 Å². The first-order valence-corrected chi connectivity index (χ1v) is 9.05. The summed E-state index contributed by atoms with van der Waals surface area (Å²) in [5, 5.41) is 23.2. The molecule has 0 aliphatic heterocycles. The first-order valence-electron chi connectivity index (χ1n) is 9.05. The zero-order chi connectivity index (χ0) is 21.4. The Balaban J connectivity index is 2.92. The Kier molecular flexibility index (Phi) is 8.56. The first-order chi connectivity index (χ1) is 13.0. The maximum atomic E-state index is 12.3.